The van der Waals surface area contributed by atoms with E-state index >= 15 is 0 Å². The number of carbonyl (C=O) groups is 2. The summed E-state index contributed by atoms with van der Waals surface area (Å²) in [5, 5.41) is 3.29. The van der Waals surface area contributed by atoms with Gasteiger partial charge in [-0.15, -0.1) is 11.3 Å². The average Bonchev–Trinajstić information content (AvgIpc) is 3.26. The lowest BCUT2D eigenvalue weighted by Crippen LogP contribution is -2.12. The molecule has 1 N–H and O–H groups in total. The SMILES string of the molecule is Cc1c(C(=O)Nc2ccc(C(=O)c3nccn3C)cc2)sc2cccc(F)c12. The van der Waals surface area contributed by atoms with E-state index in [0.717, 1.165) is 4.70 Å². The summed E-state index contributed by atoms with van der Waals surface area (Å²) in [5.41, 5.74) is 1.66. The molecule has 28 heavy (non-hydrogen) atoms. The fraction of sp³-hybridized carbons (Fsp3) is 0.0952. The molecule has 0 saturated carbocycles. The summed E-state index contributed by atoms with van der Waals surface area (Å²) in [4.78, 5) is 29.6. The molecule has 140 valence electrons. The number of hydrogen-bond donors (Lipinski definition) is 1. The van der Waals surface area contributed by atoms with E-state index in [9.17, 15) is 14.0 Å². The second-order valence-electron chi connectivity index (χ2n) is 6.39. The summed E-state index contributed by atoms with van der Waals surface area (Å²) in [6, 6.07) is 11.4. The third-order valence-electron chi connectivity index (χ3n) is 4.54. The number of nitrogens with one attached hydrogen (secondary N) is 1. The van der Waals surface area contributed by atoms with E-state index in [4.69, 9.17) is 0 Å². The number of hydrogen-bond acceptors (Lipinski definition) is 4. The summed E-state index contributed by atoms with van der Waals surface area (Å²) in [5.74, 6) is -0.482. The van der Waals surface area contributed by atoms with Crippen molar-refractivity contribution in [3.05, 3.63) is 82.5 Å². The molecule has 5 nitrogen and oxygen atoms in total. The van der Waals surface area contributed by atoms with Crippen LogP contribution >= 0.6 is 11.3 Å². The van der Waals surface area contributed by atoms with E-state index in [1.165, 1.54) is 17.4 Å². The summed E-state index contributed by atoms with van der Waals surface area (Å²) in [7, 11) is 1.75. The van der Waals surface area contributed by atoms with Crippen molar-refractivity contribution in [1.29, 1.82) is 0 Å². The van der Waals surface area contributed by atoms with Crippen LogP contribution in [0.5, 0.6) is 0 Å². The lowest BCUT2D eigenvalue weighted by molar-refractivity contribution is 0.102. The van der Waals surface area contributed by atoms with Gasteiger partial charge in [0.1, 0.15) is 5.82 Å². The molecule has 0 aliphatic rings. The Balaban J connectivity index is 1.56. The Kier molecular flexibility index (Phi) is 4.52. The van der Waals surface area contributed by atoms with Crippen molar-refractivity contribution in [3.63, 3.8) is 0 Å². The molecule has 2 heterocycles. The minimum absolute atomic E-state index is 0.193. The molecule has 0 unspecified atom stereocenters. The molecule has 0 saturated heterocycles. The van der Waals surface area contributed by atoms with Crippen LogP contribution in [0.25, 0.3) is 10.1 Å². The monoisotopic (exact) mass is 393 g/mol. The fourth-order valence-electron chi connectivity index (χ4n) is 3.08. The van der Waals surface area contributed by atoms with Gasteiger partial charge in [-0.1, -0.05) is 6.07 Å². The maximum atomic E-state index is 14.1. The van der Waals surface area contributed by atoms with Gasteiger partial charge in [0.15, 0.2) is 5.82 Å². The zero-order valence-electron chi connectivity index (χ0n) is 15.2. The van der Waals surface area contributed by atoms with Crippen molar-refractivity contribution in [2.75, 3.05) is 5.32 Å². The number of halogens is 1. The smallest absolute Gasteiger partial charge is 0.266 e. The molecule has 4 aromatic rings. The number of nitrogens with zero attached hydrogens (tertiary/aromatic N) is 2. The van der Waals surface area contributed by atoms with Crippen molar-refractivity contribution in [1.82, 2.24) is 9.55 Å². The predicted molar refractivity (Wildman–Crippen MR) is 108 cm³/mol. The molecule has 0 spiro atoms. The molecular weight excluding hydrogens is 377 g/mol. The number of imidazole rings is 1. The Bertz CT molecular complexity index is 1210. The van der Waals surface area contributed by atoms with E-state index in [1.54, 1.807) is 67.3 Å². The molecule has 7 heteroatoms. The first-order chi connectivity index (χ1) is 13.5. The van der Waals surface area contributed by atoms with E-state index in [-0.39, 0.29) is 17.5 Å². The first-order valence-corrected chi connectivity index (χ1v) is 9.38. The third kappa shape index (κ3) is 3.10. The van der Waals surface area contributed by atoms with E-state index in [2.05, 4.69) is 10.3 Å². The summed E-state index contributed by atoms with van der Waals surface area (Å²) in [6.45, 7) is 1.74. The lowest BCUT2D eigenvalue weighted by Gasteiger charge is -2.06. The molecule has 0 radical (unpaired) electrons. The van der Waals surface area contributed by atoms with Crippen LogP contribution in [0.1, 0.15) is 31.4 Å². The number of anilines is 1. The third-order valence-corrected chi connectivity index (χ3v) is 5.79. The minimum atomic E-state index is -0.331. The maximum Gasteiger partial charge on any atom is 0.266 e. The zero-order valence-corrected chi connectivity index (χ0v) is 16.0. The Labute approximate surface area is 164 Å². The Morgan fingerprint density at radius 2 is 1.89 bits per heavy atom. The second-order valence-corrected chi connectivity index (χ2v) is 7.44. The van der Waals surface area contributed by atoms with Crippen LogP contribution < -0.4 is 5.32 Å². The first kappa shape index (κ1) is 18.1. The number of fused-ring (bicyclic) bond motifs is 1. The average molecular weight is 393 g/mol. The van der Waals surface area contributed by atoms with Crippen molar-refractivity contribution < 1.29 is 14.0 Å². The Hall–Kier alpha value is -3.32. The number of carbonyl (C=O) groups excluding carboxylic acids is 2. The van der Waals surface area contributed by atoms with Crippen molar-refractivity contribution in [2.45, 2.75) is 6.92 Å². The highest BCUT2D eigenvalue weighted by atomic mass is 32.1. The molecule has 0 bridgehead atoms. The van der Waals surface area contributed by atoms with Crippen LogP contribution in [0.3, 0.4) is 0 Å². The van der Waals surface area contributed by atoms with E-state index < -0.39 is 0 Å². The zero-order chi connectivity index (χ0) is 19.8. The van der Waals surface area contributed by atoms with Gasteiger partial charge >= 0.3 is 0 Å². The number of rotatable bonds is 4. The molecule has 4 rings (SSSR count). The van der Waals surface area contributed by atoms with Crippen LogP contribution in [0, 0.1) is 12.7 Å². The summed E-state index contributed by atoms with van der Waals surface area (Å²) < 4.78 is 16.4. The fourth-order valence-corrected chi connectivity index (χ4v) is 4.19. The van der Waals surface area contributed by atoms with Crippen LogP contribution in [0.2, 0.25) is 0 Å². The Morgan fingerprint density at radius 1 is 1.14 bits per heavy atom. The van der Waals surface area contributed by atoms with E-state index in [0.29, 0.717) is 32.9 Å². The van der Waals surface area contributed by atoms with Crippen LogP contribution in [-0.4, -0.2) is 21.2 Å². The van der Waals surface area contributed by atoms with Gasteiger partial charge in [-0.2, -0.15) is 0 Å². The highest BCUT2D eigenvalue weighted by molar-refractivity contribution is 7.21. The van der Waals surface area contributed by atoms with Crippen LogP contribution in [0.4, 0.5) is 10.1 Å². The number of thiophene rings is 1. The van der Waals surface area contributed by atoms with Gasteiger partial charge in [-0.05, 0) is 48.9 Å². The lowest BCUT2D eigenvalue weighted by atomic mass is 10.1. The number of benzene rings is 2. The number of aryl methyl sites for hydroxylation is 2. The predicted octanol–water partition coefficient (Wildman–Crippen LogP) is 4.57. The maximum absolute atomic E-state index is 14.1. The molecular formula is C21H16FN3O2S. The van der Waals surface area contributed by atoms with Crippen LogP contribution in [-0.2, 0) is 7.05 Å². The molecule has 0 aliphatic heterocycles. The minimum Gasteiger partial charge on any atom is -0.331 e. The molecule has 2 aromatic heterocycles. The molecule has 0 fully saturated rings. The summed E-state index contributed by atoms with van der Waals surface area (Å²) in [6.07, 6.45) is 3.27. The molecule has 0 aliphatic carbocycles. The highest BCUT2D eigenvalue weighted by Gasteiger charge is 2.18. The Morgan fingerprint density at radius 3 is 2.54 bits per heavy atom. The van der Waals surface area contributed by atoms with Gasteiger partial charge < -0.3 is 9.88 Å². The topological polar surface area (TPSA) is 64.0 Å². The molecule has 2 aromatic carbocycles. The van der Waals surface area contributed by atoms with Crippen LogP contribution in [0.15, 0.2) is 54.9 Å². The largest absolute Gasteiger partial charge is 0.331 e. The standard InChI is InChI=1S/C21H16FN3O2S/c1-12-17-15(22)4-3-5-16(17)28-19(12)21(27)24-14-8-6-13(7-9-14)18(26)20-23-10-11-25(20)2/h3-11H,1-2H3,(H,24,27). The van der Waals surface area contributed by atoms with Crippen molar-refractivity contribution >= 4 is 38.8 Å². The second kappa shape index (κ2) is 7.01. The first-order valence-electron chi connectivity index (χ1n) is 8.57. The van der Waals surface area contributed by atoms with Gasteiger partial charge in [0, 0.05) is 40.8 Å². The number of amides is 1. The van der Waals surface area contributed by atoms with Gasteiger partial charge in [0.25, 0.3) is 5.91 Å². The summed E-state index contributed by atoms with van der Waals surface area (Å²) >= 11 is 1.26. The quantitative estimate of drug-likeness (QED) is 0.517. The van der Waals surface area contributed by atoms with Gasteiger partial charge in [-0.3, -0.25) is 9.59 Å². The molecule has 1 amide bonds. The van der Waals surface area contributed by atoms with Gasteiger partial charge in [-0.25, -0.2) is 9.37 Å². The van der Waals surface area contributed by atoms with Gasteiger partial charge in [0.05, 0.1) is 4.88 Å². The normalized spacial score (nSPS) is 11.0. The van der Waals surface area contributed by atoms with E-state index in [1.807, 2.05) is 0 Å². The van der Waals surface area contributed by atoms with Crippen molar-refractivity contribution in [2.24, 2.45) is 7.05 Å². The van der Waals surface area contributed by atoms with Gasteiger partial charge in [0.2, 0.25) is 5.78 Å². The highest BCUT2D eigenvalue weighted by Crippen LogP contribution is 2.33. The molecule has 0 atom stereocenters. The number of aromatic nitrogens is 2. The van der Waals surface area contributed by atoms with Crippen molar-refractivity contribution in [3.8, 4) is 0 Å². The number of ketones is 1.